The monoisotopic (exact) mass is 220 g/mol. The third kappa shape index (κ3) is 3.34. The fraction of sp³-hybridized carbons (Fsp3) is 0.875. The van der Waals surface area contributed by atoms with Gasteiger partial charge in [0, 0.05) is 0 Å². The molecule has 0 saturated carbocycles. The molecule has 0 bridgehead atoms. The van der Waals surface area contributed by atoms with E-state index in [1.165, 1.54) is 25.9 Å². The highest BCUT2D eigenvalue weighted by atomic mass is 79.9. The van der Waals surface area contributed by atoms with Crippen LogP contribution in [0.4, 0.5) is 0 Å². The van der Waals surface area contributed by atoms with E-state index >= 15 is 0 Å². The van der Waals surface area contributed by atoms with E-state index in [0.717, 1.165) is 11.0 Å². The van der Waals surface area contributed by atoms with Gasteiger partial charge in [-0.2, -0.15) is 0 Å². The Morgan fingerprint density at radius 2 is 2.27 bits per heavy atom. The smallest absolute Gasteiger partial charge is 0.185 e. The van der Waals surface area contributed by atoms with Crippen molar-refractivity contribution < 1.29 is 21.5 Å². The third-order valence-electron chi connectivity index (χ3n) is 2.12. The van der Waals surface area contributed by atoms with Crippen LogP contribution < -0.4 is 17.0 Å². The van der Waals surface area contributed by atoms with Gasteiger partial charge in [-0.05, 0) is 6.42 Å². The van der Waals surface area contributed by atoms with E-state index in [2.05, 4.69) is 25.3 Å². The van der Waals surface area contributed by atoms with Crippen molar-refractivity contribution in [1.29, 1.82) is 0 Å². The van der Waals surface area contributed by atoms with Crippen LogP contribution in [0.25, 0.3) is 0 Å². The molecule has 1 rings (SSSR count). The molecule has 1 atom stereocenters. The molecule has 0 aromatic rings. The summed E-state index contributed by atoms with van der Waals surface area (Å²) in [7, 11) is 2.26. The van der Waals surface area contributed by atoms with Crippen LogP contribution >= 0.6 is 0 Å². The molecular weight excluding hydrogens is 204 g/mol. The fourth-order valence-corrected chi connectivity index (χ4v) is 1.29. The Kier molecular flexibility index (Phi) is 4.93. The summed E-state index contributed by atoms with van der Waals surface area (Å²) in [6.07, 6.45) is 4.71. The first-order valence-electron chi connectivity index (χ1n) is 4.12. The second-order valence-corrected chi connectivity index (χ2v) is 3.30. The SMILES string of the molecule is CCCC[N+]1(C)C=NCC1.[Br-]. The predicted octanol–water partition coefficient (Wildman–Crippen LogP) is -1.72. The standard InChI is InChI=1S/C8H17N2.BrH/c1-3-4-6-10(2)7-5-9-8-10;/h8H,3-7H2,1-2H3;1H/q+1;/p-1. The van der Waals surface area contributed by atoms with Crippen LogP contribution in [0.2, 0.25) is 0 Å². The van der Waals surface area contributed by atoms with Gasteiger partial charge >= 0.3 is 0 Å². The average Bonchev–Trinajstić information content (AvgIpc) is 2.33. The topological polar surface area (TPSA) is 12.4 Å². The molecule has 1 unspecified atom stereocenters. The van der Waals surface area contributed by atoms with Crippen molar-refractivity contribution in [2.45, 2.75) is 19.8 Å². The Labute approximate surface area is 79.7 Å². The lowest BCUT2D eigenvalue weighted by Crippen LogP contribution is -3.00. The van der Waals surface area contributed by atoms with Crippen LogP contribution in [0.5, 0.6) is 0 Å². The number of halogens is 1. The zero-order chi connectivity index (χ0) is 7.45. The number of unbranched alkanes of at least 4 members (excludes halogenated alkanes) is 1. The Bertz CT molecular complexity index is 136. The van der Waals surface area contributed by atoms with Crippen molar-refractivity contribution >= 4 is 6.34 Å². The minimum Gasteiger partial charge on any atom is -1.00 e. The molecule has 1 heterocycles. The van der Waals surface area contributed by atoms with Gasteiger partial charge in [0.25, 0.3) is 0 Å². The highest BCUT2D eigenvalue weighted by molar-refractivity contribution is 5.47. The first-order chi connectivity index (χ1) is 4.77. The lowest BCUT2D eigenvalue weighted by atomic mass is 10.3. The molecule has 0 aromatic heterocycles. The lowest BCUT2D eigenvalue weighted by Gasteiger charge is -2.24. The third-order valence-corrected chi connectivity index (χ3v) is 2.12. The molecule has 0 aliphatic carbocycles. The molecule has 11 heavy (non-hydrogen) atoms. The van der Waals surface area contributed by atoms with Gasteiger partial charge in [0.2, 0.25) is 0 Å². The maximum Gasteiger partial charge on any atom is 0.185 e. The van der Waals surface area contributed by atoms with Crippen LogP contribution in [0.15, 0.2) is 4.99 Å². The summed E-state index contributed by atoms with van der Waals surface area (Å²) in [5, 5.41) is 0. The highest BCUT2D eigenvalue weighted by Gasteiger charge is 2.21. The molecular formula is C8H17BrN2. The molecule has 3 heteroatoms. The number of hydrogen-bond acceptors (Lipinski definition) is 1. The van der Waals surface area contributed by atoms with E-state index in [1.54, 1.807) is 0 Å². The molecule has 0 N–H and O–H groups in total. The summed E-state index contributed by atoms with van der Waals surface area (Å²) >= 11 is 0. The summed E-state index contributed by atoms with van der Waals surface area (Å²) in [4.78, 5) is 4.24. The molecule has 1 aliphatic heterocycles. The average molecular weight is 221 g/mol. The van der Waals surface area contributed by atoms with Crippen molar-refractivity contribution in [3.63, 3.8) is 0 Å². The second-order valence-electron chi connectivity index (χ2n) is 3.30. The summed E-state index contributed by atoms with van der Waals surface area (Å²) in [5.41, 5.74) is 0. The fourth-order valence-electron chi connectivity index (χ4n) is 1.29. The number of quaternary nitrogens is 1. The van der Waals surface area contributed by atoms with Crippen LogP contribution in [-0.2, 0) is 0 Å². The zero-order valence-corrected chi connectivity index (χ0v) is 8.97. The van der Waals surface area contributed by atoms with Crippen molar-refractivity contribution in [3.05, 3.63) is 0 Å². The summed E-state index contributed by atoms with van der Waals surface area (Å²) in [6, 6.07) is 0. The Hall–Kier alpha value is 0.110. The van der Waals surface area contributed by atoms with Crippen molar-refractivity contribution in [2.24, 2.45) is 4.99 Å². The molecule has 0 radical (unpaired) electrons. The maximum atomic E-state index is 4.24. The Balaban J connectivity index is 0.000001000. The Morgan fingerprint density at radius 3 is 2.73 bits per heavy atom. The first kappa shape index (κ1) is 11.1. The summed E-state index contributed by atoms with van der Waals surface area (Å²) < 4.78 is 1.06. The number of aliphatic imine (C=N–C) groups is 1. The quantitative estimate of drug-likeness (QED) is 0.503. The van der Waals surface area contributed by atoms with Gasteiger partial charge in [-0.15, -0.1) is 0 Å². The molecule has 0 aromatic carbocycles. The number of likely N-dealkylation sites (N-methyl/N-ethyl adjacent to an activating group) is 1. The van der Waals surface area contributed by atoms with Crippen LogP contribution in [0.1, 0.15) is 19.8 Å². The maximum absolute atomic E-state index is 4.24. The van der Waals surface area contributed by atoms with Crippen LogP contribution in [0, 0.1) is 0 Å². The van der Waals surface area contributed by atoms with Gasteiger partial charge in [-0.3, -0.25) is 4.48 Å². The second kappa shape index (κ2) is 4.88. The molecule has 1 aliphatic rings. The minimum atomic E-state index is 0. The molecule has 66 valence electrons. The molecule has 0 spiro atoms. The van der Waals surface area contributed by atoms with Gasteiger partial charge in [-0.25, -0.2) is 4.99 Å². The van der Waals surface area contributed by atoms with Gasteiger partial charge in [-0.1, -0.05) is 13.3 Å². The molecule has 0 amide bonds. The first-order valence-corrected chi connectivity index (χ1v) is 4.12. The van der Waals surface area contributed by atoms with Gasteiger partial charge in [0.1, 0.15) is 6.54 Å². The number of nitrogens with zero attached hydrogens (tertiary/aromatic N) is 2. The van der Waals surface area contributed by atoms with E-state index in [9.17, 15) is 0 Å². The summed E-state index contributed by atoms with van der Waals surface area (Å²) in [5.74, 6) is 0. The van der Waals surface area contributed by atoms with E-state index in [0.29, 0.717) is 0 Å². The van der Waals surface area contributed by atoms with Gasteiger partial charge in [0.15, 0.2) is 6.34 Å². The summed E-state index contributed by atoms with van der Waals surface area (Å²) in [6.45, 7) is 5.74. The van der Waals surface area contributed by atoms with Crippen LogP contribution in [0.3, 0.4) is 0 Å². The normalized spacial score (nSPS) is 28.5. The van der Waals surface area contributed by atoms with Gasteiger partial charge in [0.05, 0.1) is 20.1 Å². The minimum absolute atomic E-state index is 0. The zero-order valence-electron chi connectivity index (χ0n) is 7.39. The van der Waals surface area contributed by atoms with Gasteiger partial charge < -0.3 is 17.0 Å². The number of hydrogen-bond donors (Lipinski definition) is 0. The Morgan fingerprint density at radius 1 is 1.55 bits per heavy atom. The molecule has 0 fully saturated rings. The van der Waals surface area contributed by atoms with Crippen molar-refractivity contribution in [2.75, 3.05) is 26.7 Å². The van der Waals surface area contributed by atoms with Crippen molar-refractivity contribution in [1.82, 2.24) is 0 Å². The van der Waals surface area contributed by atoms with Crippen molar-refractivity contribution in [3.8, 4) is 0 Å². The van der Waals surface area contributed by atoms with E-state index in [1.807, 2.05) is 0 Å². The molecule has 0 saturated heterocycles. The highest BCUT2D eigenvalue weighted by Crippen LogP contribution is 2.06. The largest absolute Gasteiger partial charge is 1.00 e. The molecule has 2 nitrogen and oxygen atoms in total. The van der Waals surface area contributed by atoms with E-state index in [-0.39, 0.29) is 17.0 Å². The van der Waals surface area contributed by atoms with E-state index in [4.69, 9.17) is 0 Å². The predicted molar refractivity (Wildman–Crippen MR) is 44.2 cm³/mol. The lowest BCUT2D eigenvalue weighted by molar-refractivity contribution is -0.807. The number of rotatable bonds is 3. The van der Waals surface area contributed by atoms with E-state index < -0.39 is 0 Å². The van der Waals surface area contributed by atoms with Crippen LogP contribution in [-0.4, -0.2) is 37.5 Å².